The van der Waals surface area contributed by atoms with Crippen molar-refractivity contribution >= 4 is 11.8 Å². The van der Waals surface area contributed by atoms with Crippen molar-refractivity contribution in [3.05, 3.63) is 23.5 Å². The first-order valence-corrected chi connectivity index (χ1v) is 8.37. The van der Waals surface area contributed by atoms with E-state index in [2.05, 4.69) is 15.6 Å². The summed E-state index contributed by atoms with van der Waals surface area (Å²) in [7, 11) is 1.26. The van der Waals surface area contributed by atoms with Crippen LogP contribution in [0.15, 0.2) is 12.3 Å². The molecule has 2 unspecified atom stereocenters. The van der Waals surface area contributed by atoms with Crippen LogP contribution in [0, 0.1) is 0 Å². The first-order chi connectivity index (χ1) is 12.5. The van der Waals surface area contributed by atoms with Gasteiger partial charge in [-0.1, -0.05) is 0 Å². The molecule has 1 aliphatic rings. The lowest BCUT2D eigenvalue weighted by molar-refractivity contribution is -0.153. The second-order valence-electron chi connectivity index (χ2n) is 6.64. The summed E-state index contributed by atoms with van der Waals surface area (Å²) >= 11 is 0. The van der Waals surface area contributed by atoms with Gasteiger partial charge in [0.1, 0.15) is 11.4 Å². The summed E-state index contributed by atoms with van der Waals surface area (Å²) in [6.45, 7) is 0.818. The van der Waals surface area contributed by atoms with Gasteiger partial charge in [-0.2, -0.15) is 13.2 Å². The van der Waals surface area contributed by atoms with E-state index in [-0.39, 0.29) is 17.4 Å². The molecule has 1 aliphatic carbocycles. The molecule has 0 aromatic carbocycles. The van der Waals surface area contributed by atoms with E-state index >= 15 is 0 Å². The van der Waals surface area contributed by atoms with Crippen LogP contribution in [0.25, 0.3) is 0 Å². The topological polar surface area (TPSA) is 80.3 Å². The van der Waals surface area contributed by atoms with Crippen LogP contribution in [0.2, 0.25) is 0 Å². The van der Waals surface area contributed by atoms with Crippen LogP contribution >= 0.6 is 0 Å². The summed E-state index contributed by atoms with van der Waals surface area (Å²) < 4.78 is 56.7. The number of nitrogens with zero attached hydrogens (tertiary/aromatic N) is 1. The number of carbonyl (C=O) groups is 2. The highest BCUT2D eigenvalue weighted by Crippen LogP contribution is 2.44. The second-order valence-corrected chi connectivity index (χ2v) is 6.64. The van der Waals surface area contributed by atoms with Gasteiger partial charge in [0.25, 0.3) is 11.8 Å². The molecule has 27 heavy (non-hydrogen) atoms. The van der Waals surface area contributed by atoms with Crippen LogP contribution in [0.4, 0.5) is 17.6 Å². The quantitative estimate of drug-likeness (QED) is 0.700. The minimum atomic E-state index is -4.52. The minimum Gasteiger partial charge on any atom is -0.484 e. The van der Waals surface area contributed by atoms with Crippen LogP contribution in [0.3, 0.4) is 0 Å². The Bertz CT molecular complexity index is 718. The van der Waals surface area contributed by atoms with Crippen LogP contribution in [-0.2, 0) is 4.79 Å². The van der Waals surface area contributed by atoms with Crippen molar-refractivity contribution in [2.24, 2.45) is 0 Å². The molecule has 0 aliphatic heterocycles. The van der Waals surface area contributed by atoms with Gasteiger partial charge in [0.15, 0.2) is 6.61 Å². The van der Waals surface area contributed by atoms with Crippen LogP contribution in [-0.4, -0.2) is 48.3 Å². The first kappa shape index (κ1) is 20.9. The molecule has 1 aromatic heterocycles. The predicted molar refractivity (Wildman–Crippen MR) is 88.3 cm³/mol. The van der Waals surface area contributed by atoms with Crippen molar-refractivity contribution in [1.29, 1.82) is 0 Å². The Hall–Kier alpha value is -2.39. The number of hydrogen-bond acceptors (Lipinski definition) is 4. The van der Waals surface area contributed by atoms with E-state index < -0.39 is 36.3 Å². The Morgan fingerprint density at radius 3 is 2.48 bits per heavy atom. The van der Waals surface area contributed by atoms with Crippen LogP contribution in [0.5, 0.6) is 5.75 Å². The maximum absolute atomic E-state index is 14.5. The van der Waals surface area contributed by atoms with Gasteiger partial charge < -0.3 is 15.4 Å². The average molecular weight is 391 g/mol. The lowest BCUT2D eigenvalue weighted by atomic mass is 9.99. The number of nitrogens with one attached hydrogen (secondary N) is 2. The molecule has 10 heteroatoms. The van der Waals surface area contributed by atoms with Crippen molar-refractivity contribution in [2.75, 3.05) is 13.7 Å². The van der Waals surface area contributed by atoms with Crippen molar-refractivity contribution < 1.29 is 31.9 Å². The molecule has 6 nitrogen and oxygen atoms in total. The van der Waals surface area contributed by atoms with Gasteiger partial charge in [0.05, 0.1) is 6.04 Å². The SMILES string of the molecule is CNC(=O)C(C)(F)C(C)NC(=O)c1cc(OCC(F)(F)F)c(C2CC2)cn1. The smallest absolute Gasteiger partial charge is 0.422 e. The first-order valence-electron chi connectivity index (χ1n) is 8.37. The number of amides is 2. The fourth-order valence-corrected chi connectivity index (χ4v) is 2.40. The third-order valence-corrected chi connectivity index (χ3v) is 4.37. The largest absolute Gasteiger partial charge is 0.484 e. The summed E-state index contributed by atoms with van der Waals surface area (Å²) in [6, 6.07) is -0.0916. The van der Waals surface area contributed by atoms with Gasteiger partial charge in [-0.05, 0) is 32.6 Å². The second kappa shape index (κ2) is 7.69. The Labute approximate surface area is 153 Å². The van der Waals surface area contributed by atoms with Crippen molar-refractivity contribution in [1.82, 2.24) is 15.6 Å². The molecule has 0 radical (unpaired) electrons. The molecule has 0 bridgehead atoms. The van der Waals surface area contributed by atoms with Gasteiger partial charge in [-0.25, -0.2) is 4.39 Å². The van der Waals surface area contributed by atoms with Gasteiger partial charge in [0, 0.05) is 24.9 Å². The van der Waals surface area contributed by atoms with Crippen molar-refractivity contribution in [3.63, 3.8) is 0 Å². The number of aromatic nitrogens is 1. The van der Waals surface area contributed by atoms with Gasteiger partial charge in [0.2, 0.25) is 5.67 Å². The molecule has 0 saturated heterocycles. The molecule has 1 fully saturated rings. The summed E-state index contributed by atoms with van der Waals surface area (Å²) in [5, 5.41) is 4.46. The maximum Gasteiger partial charge on any atom is 0.422 e. The normalized spacial score (nSPS) is 17.6. The molecule has 150 valence electrons. The zero-order chi connectivity index (χ0) is 20.4. The number of alkyl halides is 4. The Morgan fingerprint density at radius 2 is 1.96 bits per heavy atom. The number of hydrogen-bond donors (Lipinski definition) is 2. The molecule has 0 spiro atoms. The molecule has 1 saturated carbocycles. The maximum atomic E-state index is 14.5. The van der Waals surface area contributed by atoms with Crippen LogP contribution in [0.1, 0.15) is 48.7 Å². The lowest BCUT2D eigenvalue weighted by Gasteiger charge is -2.26. The van der Waals surface area contributed by atoms with Crippen molar-refractivity contribution in [2.45, 2.75) is 50.5 Å². The van der Waals surface area contributed by atoms with E-state index in [1.807, 2.05) is 0 Å². The number of pyridine rings is 1. The summed E-state index contributed by atoms with van der Waals surface area (Å²) in [4.78, 5) is 27.8. The molecular weight excluding hydrogens is 370 g/mol. The van der Waals surface area contributed by atoms with Crippen molar-refractivity contribution in [3.8, 4) is 5.75 Å². The van der Waals surface area contributed by atoms with E-state index in [1.54, 1.807) is 0 Å². The van der Waals surface area contributed by atoms with Gasteiger partial charge in [-0.3, -0.25) is 14.6 Å². The standard InChI is InChI=1S/C17H21F4N3O3/c1-9(16(2,18)15(26)22-3)24-14(25)12-6-13(27-8-17(19,20)21)11(7-23-12)10-4-5-10/h6-7,9-10H,4-5,8H2,1-3H3,(H,22,26)(H,24,25). The van der Waals surface area contributed by atoms with Crippen LogP contribution < -0.4 is 15.4 Å². The van der Waals surface area contributed by atoms with Gasteiger partial charge in [-0.15, -0.1) is 0 Å². The van der Waals surface area contributed by atoms with E-state index in [0.717, 1.165) is 25.8 Å². The summed E-state index contributed by atoms with van der Waals surface area (Å²) in [6.07, 6.45) is -1.61. The highest BCUT2D eigenvalue weighted by atomic mass is 19.4. The van der Waals surface area contributed by atoms with E-state index in [0.29, 0.717) is 5.56 Å². The molecule has 1 aromatic rings. The highest BCUT2D eigenvalue weighted by Gasteiger charge is 2.40. The zero-order valence-corrected chi connectivity index (χ0v) is 15.1. The molecule has 2 amide bonds. The Kier molecular flexibility index (Phi) is 5.96. The molecule has 2 rings (SSSR count). The van der Waals surface area contributed by atoms with E-state index in [4.69, 9.17) is 4.74 Å². The molecule has 1 heterocycles. The highest BCUT2D eigenvalue weighted by molar-refractivity contribution is 5.94. The number of carbonyl (C=O) groups excluding carboxylic acids is 2. The monoisotopic (exact) mass is 391 g/mol. The van der Waals surface area contributed by atoms with E-state index in [9.17, 15) is 27.2 Å². The Balaban J connectivity index is 2.17. The predicted octanol–water partition coefficient (Wildman–Crippen LogP) is 2.49. The molecule has 2 N–H and O–H groups in total. The fourth-order valence-electron chi connectivity index (χ4n) is 2.40. The van der Waals surface area contributed by atoms with Gasteiger partial charge >= 0.3 is 6.18 Å². The third kappa shape index (κ3) is 5.30. The molecular formula is C17H21F4N3O3. The average Bonchev–Trinajstić information content (AvgIpc) is 3.42. The number of ether oxygens (including phenoxy) is 1. The number of halogens is 4. The summed E-state index contributed by atoms with van der Waals surface area (Å²) in [5.41, 5.74) is -2.10. The minimum absolute atomic E-state index is 0.0548. The molecule has 2 atom stereocenters. The zero-order valence-electron chi connectivity index (χ0n) is 15.1. The fraction of sp³-hybridized carbons (Fsp3) is 0.588. The number of rotatable bonds is 7. The Morgan fingerprint density at radius 1 is 1.33 bits per heavy atom. The lowest BCUT2D eigenvalue weighted by Crippen LogP contribution is -2.54. The summed E-state index contributed by atoms with van der Waals surface area (Å²) in [5.74, 6) is -1.76. The van der Waals surface area contributed by atoms with E-state index in [1.165, 1.54) is 20.2 Å². The third-order valence-electron chi connectivity index (χ3n) is 4.37.